The lowest BCUT2D eigenvalue weighted by Gasteiger charge is -2.30. The van der Waals surface area contributed by atoms with Crippen LogP contribution in [0.15, 0.2) is 29.2 Å². The third kappa shape index (κ3) is 4.14. The molecule has 128 valence electrons. The van der Waals surface area contributed by atoms with Gasteiger partial charge in [-0.25, -0.2) is 8.42 Å². The quantitative estimate of drug-likeness (QED) is 0.889. The first kappa shape index (κ1) is 17.5. The van der Waals surface area contributed by atoms with Gasteiger partial charge in [-0.1, -0.05) is 12.1 Å². The van der Waals surface area contributed by atoms with E-state index < -0.39 is 38.9 Å². The van der Waals surface area contributed by atoms with Gasteiger partial charge in [0.25, 0.3) is 0 Å². The van der Waals surface area contributed by atoms with Gasteiger partial charge in [0.15, 0.2) is 0 Å². The summed E-state index contributed by atoms with van der Waals surface area (Å²) in [6.45, 7) is 0.0204. The van der Waals surface area contributed by atoms with E-state index in [0.717, 1.165) is 16.4 Å². The van der Waals surface area contributed by atoms with Crippen LogP contribution in [0.2, 0.25) is 0 Å². The van der Waals surface area contributed by atoms with Gasteiger partial charge in [0, 0.05) is 19.0 Å². The molecule has 2 N–H and O–H groups in total. The van der Waals surface area contributed by atoms with Crippen LogP contribution in [0.5, 0.6) is 5.75 Å². The number of alkyl halides is 3. The number of rotatable bonds is 4. The first-order chi connectivity index (χ1) is 10.6. The molecule has 1 saturated heterocycles. The summed E-state index contributed by atoms with van der Waals surface area (Å²) in [6, 6.07) is 4.55. The van der Waals surface area contributed by atoms with E-state index >= 15 is 0 Å². The molecule has 0 unspecified atom stereocenters. The van der Waals surface area contributed by atoms with Crippen molar-refractivity contribution in [2.45, 2.75) is 24.1 Å². The first-order valence-electron chi connectivity index (χ1n) is 6.75. The van der Waals surface area contributed by atoms with Crippen LogP contribution in [0.25, 0.3) is 0 Å². The topological polar surface area (TPSA) is 89.7 Å². The minimum absolute atomic E-state index is 0.0102. The summed E-state index contributed by atoms with van der Waals surface area (Å²) < 4.78 is 67.1. The fraction of sp³-hybridized carbons (Fsp3) is 0.462. The van der Waals surface area contributed by atoms with Crippen molar-refractivity contribution in [2.24, 2.45) is 11.7 Å². The number of piperidine rings is 1. The molecule has 0 spiro atoms. The molecule has 0 aromatic heterocycles. The van der Waals surface area contributed by atoms with Crippen molar-refractivity contribution < 1.29 is 31.1 Å². The summed E-state index contributed by atoms with van der Waals surface area (Å²) in [5.74, 6) is -1.72. The van der Waals surface area contributed by atoms with E-state index in [4.69, 9.17) is 5.73 Å². The van der Waals surface area contributed by atoms with Gasteiger partial charge in [0.2, 0.25) is 15.9 Å². The molecule has 0 bridgehead atoms. The third-order valence-corrected chi connectivity index (χ3v) is 5.49. The van der Waals surface area contributed by atoms with Gasteiger partial charge in [0.05, 0.1) is 0 Å². The molecule has 0 atom stereocenters. The van der Waals surface area contributed by atoms with Crippen LogP contribution < -0.4 is 10.5 Å². The Balaban J connectivity index is 2.26. The number of halogens is 3. The Bertz CT molecular complexity index is 683. The fourth-order valence-electron chi connectivity index (χ4n) is 2.39. The molecule has 6 nitrogen and oxygen atoms in total. The molecule has 23 heavy (non-hydrogen) atoms. The first-order valence-corrected chi connectivity index (χ1v) is 8.19. The van der Waals surface area contributed by atoms with E-state index in [1.165, 1.54) is 12.1 Å². The second kappa shape index (κ2) is 6.36. The number of nitrogens with two attached hydrogens (primary N) is 1. The van der Waals surface area contributed by atoms with E-state index in [-0.39, 0.29) is 25.9 Å². The Morgan fingerprint density at radius 1 is 1.22 bits per heavy atom. The molecule has 0 aliphatic carbocycles. The van der Waals surface area contributed by atoms with Crippen molar-refractivity contribution in [3.05, 3.63) is 24.3 Å². The van der Waals surface area contributed by atoms with Crippen LogP contribution >= 0.6 is 0 Å². The molecule has 0 saturated carbocycles. The smallest absolute Gasteiger partial charge is 0.404 e. The van der Waals surface area contributed by atoms with Crippen LogP contribution in [-0.2, 0) is 14.8 Å². The van der Waals surface area contributed by atoms with Crippen molar-refractivity contribution in [3.63, 3.8) is 0 Å². The number of hydrogen-bond acceptors (Lipinski definition) is 4. The van der Waals surface area contributed by atoms with E-state index in [0.29, 0.717) is 0 Å². The maximum Gasteiger partial charge on any atom is 0.573 e. The molecule has 1 heterocycles. The van der Waals surface area contributed by atoms with Crippen LogP contribution in [-0.4, -0.2) is 38.1 Å². The Morgan fingerprint density at radius 3 is 2.30 bits per heavy atom. The largest absolute Gasteiger partial charge is 0.573 e. The molecule has 2 rings (SSSR count). The van der Waals surface area contributed by atoms with Crippen molar-refractivity contribution >= 4 is 15.9 Å². The highest BCUT2D eigenvalue weighted by atomic mass is 32.2. The average Bonchev–Trinajstić information content (AvgIpc) is 2.46. The molecule has 10 heteroatoms. The number of sulfonamides is 1. The van der Waals surface area contributed by atoms with Crippen LogP contribution in [0.1, 0.15) is 12.8 Å². The van der Waals surface area contributed by atoms with Gasteiger partial charge >= 0.3 is 6.36 Å². The van der Waals surface area contributed by atoms with Crippen molar-refractivity contribution in [2.75, 3.05) is 13.1 Å². The number of amides is 1. The zero-order valence-electron chi connectivity index (χ0n) is 11.9. The van der Waals surface area contributed by atoms with E-state index in [9.17, 15) is 26.4 Å². The van der Waals surface area contributed by atoms with Crippen molar-refractivity contribution in [3.8, 4) is 5.75 Å². The average molecular weight is 352 g/mol. The SMILES string of the molecule is NC(=O)C1CCN(S(=O)(=O)c2ccccc2OC(F)(F)F)CC1. The molecule has 1 amide bonds. The summed E-state index contributed by atoms with van der Waals surface area (Å²) in [7, 11) is -4.16. The standard InChI is InChI=1S/C13H15F3N2O4S/c14-13(15,16)22-10-3-1-2-4-11(10)23(20,21)18-7-5-9(6-8-18)12(17)19/h1-4,9H,5-8H2,(H2,17,19). The minimum atomic E-state index is -5.00. The zero-order valence-corrected chi connectivity index (χ0v) is 12.7. The normalized spacial score (nSPS) is 17.9. The number of carbonyl (C=O) groups excluding carboxylic acids is 1. The number of carbonyl (C=O) groups is 1. The molecule has 1 aromatic rings. The van der Waals surface area contributed by atoms with Crippen LogP contribution in [0, 0.1) is 5.92 Å². The Morgan fingerprint density at radius 2 is 1.78 bits per heavy atom. The van der Waals surface area contributed by atoms with Crippen LogP contribution in [0.3, 0.4) is 0 Å². The van der Waals surface area contributed by atoms with Crippen molar-refractivity contribution in [1.29, 1.82) is 0 Å². The number of benzene rings is 1. The van der Waals surface area contributed by atoms with Gasteiger partial charge in [-0.3, -0.25) is 4.79 Å². The van der Waals surface area contributed by atoms with E-state index in [2.05, 4.69) is 4.74 Å². The van der Waals surface area contributed by atoms with Gasteiger partial charge < -0.3 is 10.5 Å². The van der Waals surface area contributed by atoms with Crippen LogP contribution in [0.4, 0.5) is 13.2 Å². The lowest BCUT2D eigenvalue weighted by atomic mass is 9.98. The summed E-state index contributed by atoms with van der Waals surface area (Å²) >= 11 is 0. The van der Waals surface area contributed by atoms with Gasteiger partial charge in [-0.2, -0.15) is 4.31 Å². The summed E-state index contributed by atoms with van der Waals surface area (Å²) in [5, 5.41) is 0. The predicted molar refractivity (Wildman–Crippen MR) is 73.8 cm³/mol. The molecular weight excluding hydrogens is 337 g/mol. The maximum atomic E-state index is 12.5. The molecule has 0 radical (unpaired) electrons. The number of para-hydroxylation sites is 1. The lowest BCUT2D eigenvalue weighted by molar-refractivity contribution is -0.275. The predicted octanol–water partition coefficient (Wildman–Crippen LogP) is 1.47. The lowest BCUT2D eigenvalue weighted by Crippen LogP contribution is -2.41. The molecular formula is C13H15F3N2O4S. The summed E-state index contributed by atoms with van der Waals surface area (Å²) in [4.78, 5) is 10.5. The highest BCUT2D eigenvalue weighted by Crippen LogP contribution is 2.32. The van der Waals surface area contributed by atoms with Gasteiger partial charge in [0.1, 0.15) is 10.6 Å². The second-order valence-electron chi connectivity index (χ2n) is 5.08. The molecule has 1 fully saturated rings. The number of hydrogen-bond donors (Lipinski definition) is 1. The fourth-order valence-corrected chi connectivity index (χ4v) is 3.98. The number of ether oxygens (including phenoxy) is 1. The minimum Gasteiger partial charge on any atom is -0.404 e. The Hall–Kier alpha value is -1.81. The molecule has 1 aromatic carbocycles. The number of nitrogens with zero attached hydrogens (tertiary/aromatic N) is 1. The second-order valence-corrected chi connectivity index (χ2v) is 6.98. The highest BCUT2D eigenvalue weighted by molar-refractivity contribution is 7.89. The monoisotopic (exact) mass is 352 g/mol. The van der Waals surface area contributed by atoms with E-state index in [1.54, 1.807) is 0 Å². The Kier molecular flexibility index (Phi) is 4.85. The van der Waals surface area contributed by atoms with Crippen molar-refractivity contribution in [1.82, 2.24) is 4.31 Å². The maximum absolute atomic E-state index is 12.5. The van der Waals surface area contributed by atoms with Gasteiger partial charge in [-0.05, 0) is 25.0 Å². The summed E-state index contributed by atoms with van der Waals surface area (Å²) in [6.07, 6.45) is -4.53. The molecule has 1 aliphatic heterocycles. The van der Waals surface area contributed by atoms with E-state index in [1.807, 2.05) is 0 Å². The molecule has 1 aliphatic rings. The summed E-state index contributed by atoms with van der Waals surface area (Å²) in [5.41, 5.74) is 5.17. The zero-order chi connectivity index (χ0) is 17.3. The number of primary amides is 1. The third-order valence-electron chi connectivity index (χ3n) is 3.55. The van der Waals surface area contributed by atoms with Gasteiger partial charge in [-0.15, -0.1) is 13.2 Å². The Labute approximate surface area is 131 Å². The highest BCUT2D eigenvalue weighted by Gasteiger charge is 2.37.